The number of nitrogens with one attached hydrogen (secondary N) is 1. The summed E-state index contributed by atoms with van der Waals surface area (Å²) >= 11 is 0. The van der Waals surface area contributed by atoms with Crippen molar-refractivity contribution in [3.63, 3.8) is 0 Å². The summed E-state index contributed by atoms with van der Waals surface area (Å²) in [5, 5.41) is 30.0. The van der Waals surface area contributed by atoms with Crippen LogP contribution in [0.5, 0.6) is 5.75 Å². The molecule has 0 radical (unpaired) electrons. The minimum atomic E-state index is -1.42. The molecule has 31 heavy (non-hydrogen) atoms. The summed E-state index contributed by atoms with van der Waals surface area (Å²) in [5.41, 5.74) is 1.53. The molecule has 2 aromatic rings. The highest BCUT2D eigenvalue weighted by Crippen LogP contribution is 2.18. The zero-order chi connectivity index (χ0) is 23.0. The maximum Gasteiger partial charge on any atom is 0.328 e. The van der Waals surface area contributed by atoms with E-state index in [9.17, 15) is 19.5 Å². The van der Waals surface area contributed by atoms with Gasteiger partial charge in [0.25, 0.3) is 5.91 Å². The molecule has 1 amide bonds. The predicted octanol–water partition coefficient (Wildman–Crippen LogP) is 1.81. The molecule has 2 unspecified atom stereocenters. The van der Waals surface area contributed by atoms with Crippen molar-refractivity contribution in [3.8, 4) is 5.75 Å². The van der Waals surface area contributed by atoms with Gasteiger partial charge in [-0.15, -0.1) is 5.11 Å². The summed E-state index contributed by atoms with van der Waals surface area (Å²) < 4.78 is 5.31. The van der Waals surface area contributed by atoms with E-state index in [0.29, 0.717) is 22.6 Å². The van der Waals surface area contributed by atoms with E-state index in [1.165, 1.54) is 19.1 Å². The fourth-order valence-corrected chi connectivity index (χ4v) is 2.44. The van der Waals surface area contributed by atoms with E-state index in [0.717, 1.165) is 0 Å². The van der Waals surface area contributed by atoms with Crippen molar-refractivity contribution in [2.45, 2.75) is 19.1 Å². The van der Waals surface area contributed by atoms with Gasteiger partial charge in [-0.2, -0.15) is 0 Å². The number of ether oxygens (including phenoxy) is 1. The Bertz CT molecular complexity index is 939. The Morgan fingerprint density at radius 3 is 2.06 bits per heavy atom. The van der Waals surface area contributed by atoms with Gasteiger partial charge in [0, 0.05) is 25.2 Å². The molecule has 0 aromatic heterocycles. The maximum absolute atomic E-state index is 12.6. The van der Waals surface area contributed by atoms with E-state index in [1.54, 1.807) is 55.5 Å². The average Bonchev–Trinajstić information content (AvgIpc) is 2.74. The van der Waals surface area contributed by atoms with Crippen LogP contribution >= 0.6 is 0 Å². The summed E-state index contributed by atoms with van der Waals surface area (Å²) in [4.78, 5) is 35.4. The molecular formula is C21H24N4O6. The van der Waals surface area contributed by atoms with Crippen LogP contribution in [-0.2, 0) is 9.59 Å². The Morgan fingerprint density at radius 2 is 1.58 bits per heavy atom. The number of ketones is 1. The number of hydrogen-bond acceptors (Lipinski definition) is 7. The predicted molar refractivity (Wildman–Crippen MR) is 111 cm³/mol. The molecule has 164 valence electrons. The number of aliphatic hydroxyl groups excluding tert-OH is 1. The van der Waals surface area contributed by atoms with Crippen molar-refractivity contribution in [1.82, 2.24) is 10.3 Å². The van der Waals surface area contributed by atoms with Crippen LogP contribution in [0.15, 0.2) is 58.9 Å². The first-order valence-corrected chi connectivity index (χ1v) is 9.34. The average molecular weight is 428 g/mol. The number of carboxylic acid groups (broad SMARTS) is 1. The van der Waals surface area contributed by atoms with Crippen LogP contribution in [0.25, 0.3) is 0 Å². The lowest BCUT2D eigenvalue weighted by Crippen LogP contribution is -2.49. The van der Waals surface area contributed by atoms with Gasteiger partial charge in [0.15, 0.2) is 18.4 Å². The first-order valence-electron chi connectivity index (χ1n) is 9.34. The number of benzene rings is 2. The number of aliphatic carboxylic acids is 1. The minimum absolute atomic E-state index is 0.193. The van der Waals surface area contributed by atoms with E-state index in [2.05, 4.69) is 15.7 Å². The number of carbonyl (C=O) groups excluding carboxylic acids is 2. The van der Waals surface area contributed by atoms with E-state index in [4.69, 9.17) is 9.84 Å². The van der Waals surface area contributed by atoms with E-state index in [1.807, 2.05) is 0 Å². The van der Waals surface area contributed by atoms with Gasteiger partial charge in [-0.05, 0) is 55.5 Å². The summed E-state index contributed by atoms with van der Waals surface area (Å²) in [6.45, 7) is 0.823. The maximum atomic E-state index is 12.6. The van der Waals surface area contributed by atoms with E-state index < -0.39 is 30.6 Å². The highest BCUT2D eigenvalue weighted by Gasteiger charge is 2.25. The lowest BCUT2D eigenvalue weighted by Gasteiger charge is -2.17. The third-order valence-corrected chi connectivity index (χ3v) is 4.02. The van der Waals surface area contributed by atoms with Gasteiger partial charge in [-0.25, -0.2) is 4.79 Å². The van der Waals surface area contributed by atoms with Crippen molar-refractivity contribution in [3.05, 3.63) is 59.7 Å². The van der Waals surface area contributed by atoms with Crippen LogP contribution in [0.1, 0.15) is 22.8 Å². The Hall–Kier alpha value is -3.79. The van der Waals surface area contributed by atoms with Gasteiger partial charge in [0.05, 0.1) is 11.8 Å². The fraction of sp³-hybridized carbons (Fsp3) is 0.286. The van der Waals surface area contributed by atoms with Gasteiger partial charge in [-0.3, -0.25) is 14.6 Å². The molecule has 3 N–H and O–H groups in total. The highest BCUT2D eigenvalue weighted by atomic mass is 16.5. The quantitative estimate of drug-likeness (QED) is 0.298. The Labute approximate surface area is 179 Å². The molecule has 0 bridgehead atoms. The second kappa shape index (κ2) is 10.8. The standard InChI is InChI=1S/C21H24N4O6/c1-13(26)19(21(29)30)22-18(27)12-31-17-10-6-15(7-11-17)20(28)14-4-8-16(9-5-14)23-24-25(2)3/h4-11,13,19,26H,12H2,1-3H3,(H,22,27)(H,29,30). The lowest BCUT2D eigenvalue weighted by molar-refractivity contribution is -0.145. The second-order valence-corrected chi connectivity index (χ2v) is 6.85. The normalized spacial score (nSPS) is 12.8. The Balaban J connectivity index is 1.94. The molecule has 0 spiro atoms. The van der Waals surface area contributed by atoms with Gasteiger partial charge in [0.2, 0.25) is 0 Å². The Kier molecular flexibility index (Phi) is 8.21. The van der Waals surface area contributed by atoms with Crippen molar-refractivity contribution in [2.24, 2.45) is 10.3 Å². The van der Waals surface area contributed by atoms with Crippen LogP contribution in [0.3, 0.4) is 0 Å². The molecule has 0 aliphatic carbocycles. The SMILES string of the molecule is CC(O)C(NC(=O)COc1ccc(C(=O)c2ccc(N=NN(C)C)cc2)cc1)C(=O)O. The zero-order valence-corrected chi connectivity index (χ0v) is 17.3. The molecule has 2 atom stereocenters. The Morgan fingerprint density at radius 1 is 1.03 bits per heavy atom. The fourth-order valence-electron chi connectivity index (χ4n) is 2.44. The number of amides is 1. The molecule has 0 saturated carbocycles. The minimum Gasteiger partial charge on any atom is -0.484 e. The largest absolute Gasteiger partial charge is 0.484 e. The molecule has 0 aliphatic heterocycles. The number of hydrogen-bond donors (Lipinski definition) is 3. The first-order chi connectivity index (χ1) is 14.7. The van der Waals surface area contributed by atoms with Crippen LogP contribution < -0.4 is 10.1 Å². The summed E-state index contributed by atoms with van der Waals surface area (Å²) in [6, 6.07) is 11.4. The molecule has 10 nitrogen and oxygen atoms in total. The molecular weight excluding hydrogens is 404 g/mol. The van der Waals surface area contributed by atoms with Crippen LogP contribution in [0.2, 0.25) is 0 Å². The van der Waals surface area contributed by atoms with Crippen molar-refractivity contribution in [2.75, 3.05) is 20.7 Å². The summed E-state index contributed by atoms with van der Waals surface area (Å²) in [7, 11) is 3.51. The summed E-state index contributed by atoms with van der Waals surface area (Å²) in [6.07, 6.45) is -1.25. The second-order valence-electron chi connectivity index (χ2n) is 6.85. The van der Waals surface area contributed by atoms with E-state index in [-0.39, 0.29) is 5.78 Å². The smallest absolute Gasteiger partial charge is 0.328 e. The third-order valence-electron chi connectivity index (χ3n) is 4.02. The van der Waals surface area contributed by atoms with Gasteiger partial charge >= 0.3 is 5.97 Å². The van der Waals surface area contributed by atoms with Gasteiger partial charge < -0.3 is 20.3 Å². The molecule has 10 heteroatoms. The zero-order valence-electron chi connectivity index (χ0n) is 17.3. The van der Waals surface area contributed by atoms with Crippen LogP contribution in [0.4, 0.5) is 5.69 Å². The topological polar surface area (TPSA) is 141 Å². The van der Waals surface area contributed by atoms with Crippen LogP contribution in [0, 0.1) is 0 Å². The lowest BCUT2D eigenvalue weighted by atomic mass is 10.0. The van der Waals surface area contributed by atoms with Crippen molar-refractivity contribution < 1.29 is 29.3 Å². The summed E-state index contributed by atoms with van der Waals surface area (Å²) in [5.74, 6) is -1.91. The van der Waals surface area contributed by atoms with Crippen molar-refractivity contribution >= 4 is 23.3 Å². The van der Waals surface area contributed by atoms with E-state index >= 15 is 0 Å². The first kappa shape index (κ1) is 23.5. The number of aliphatic hydroxyl groups is 1. The van der Waals surface area contributed by atoms with Crippen molar-refractivity contribution in [1.29, 1.82) is 0 Å². The highest BCUT2D eigenvalue weighted by molar-refractivity contribution is 6.09. The number of nitrogens with zero attached hydrogens (tertiary/aromatic N) is 3. The molecule has 2 aromatic carbocycles. The monoisotopic (exact) mass is 428 g/mol. The molecule has 0 aliphatic rings. The molecule has 0 saturated heterocycles. The molecule has 0 heterocycles. The number of rotatable bonds is 10. The molecule has 2 rings (SSSR count). The third kappa shape index (κ3) is 7.19. The van der Waals surface area contributed by atoms with Gasteiger partial charge in [0.1, 0.15) is 5.75 Å². The molecule has 0 fully saturated rings. The number of carboxylic acids is 1. The van der Waals surface area contributed by atoms with Crippen LogP contribution in [-0.4, -0.2) is 65.7 Å². The van der Waals surface area contributed by atoms with Gasteiger partial charge in [-0.1, -0.05) is 5.22 Å². The number of carbonyl (C=O) groups is 3.